The average molecular weight is 336 g/mol. The van der Waals surface area contributed by atoms with Crippen molar-refractivity contribution in [2.24, 2.45) is 5.73 Å². The van der Waals surface area contributed by atoms with Crippen LogP contribution in [0.15, 0.2) is 30.3 Å². The van der Waals surface area contributed by atoms with E-state index in [1.165, 1.54) is 0 Å². The zero-order valence-corrected chi connectivity index (χ0v) is 13.7. The van der Waals surface area contributed by atoms with Crippen molar-refractivity contribution in [1.82, 2.24) is 4.90 Å². The molecule has 6 heteroatoms. The van der Waals surface area contributed by atoms with E-state index < -0.39 is 18.0 Å². The summed E-state index contributed by atoms with van der Waals surface area (Å²) in [5.41, 5.74) is 6.78. The summed E-state index contributed by atoms with van der Waals surface area (Å²) < 4.78 is 24.9. The molecule has 1 fully saturated rings. The second-order valence-corrected chi connectivity index (χ2v) is 6.04. The van der Waals surface area contributed by atoms with Gasteiger partial charge in [0, 0.05) is 19.0 Å². The topological polar surface area (TPSA) is 63.4 Å². The average Bonchev–Trinajstić information content (AvgIpc) is 2.70. The number of likely N-dealkylation sites (tertiary alicyclic amines) is 1. The van der Waals surface area contributed by atoms with Crippen LogP contribution in [0.5, 0.6) is 0 Å². The number of rotatable bonds is 5. The van der Waals surface area contributed by atoms with Gasteiger partial charge in [0.2, 0.25) is 11.8 Å². The molecule has 1 heterocycles. The molecular weight excluding hydrogens is 314 g/mol. The molecule has 0 radical (unpaired) electrons. The maximum atomic E-state index is 12.4. The number of hydrogen-bond donors (Lipinski definition) is 1. The summed E-state index contributed by atoms with van der Waals surface area (Å²) in [5, 5.41) is 0. The highest BCUT2D eigenvalue weighted by atomic mass is 19.3. The molecule has 2 amide bonds. The van der Waals surface area contributed by atoms with Crippen molar-refractivity contribution in [2.75, 3.05) is 6.54 Å². The number of halogens is 2. The predicted molar refractivity (Wildman–Crippen MR) is 88.2 cm³/mol. The lowest BCUT2D eigenvalue weighted by Crippen LogP contribution is -2.47. The second-order valence-electron chi connectivity index (χ2n) is 6.04. The van der Waals surface area contributed by atoms with Crippen molar-refractivity contribution in [3.05, 3.63) is 41.5 Å². The van der Waals surface area contributed by atoms with Crippen LogP contribution in [0.4, 0.5) is 8.78 Å². The van der Waals surface area contributed by atoms with Gasteiger partial charge in [-0.25, -0.2) is 0 Å². The van der Waals surface area contributed by atoms with Gasteiger partial charge in [0.25, 0.3) is 6.08 Å². The van der Waals surface area contributed by atoms with E-state index in [1.807, 2.05) is 13.0 Å². The zero-order chi connectivity index (χ0) is 17.7. The van der Waals surface area contributed by atoms with Gasteiger partial charge >= 0.3 is 0 Å². The van der Waals surface area contributed by atoms with Crippen LogP contribution in [0, 0.1) is 0 Å². The molecule has 0 bridgehead atoms. The number of primary amides is 1. The Morgan fingerprint density at radius 3 is 2.79 bits per heavy atom. The summed E-state index contributed by atoms with van der Waals surface area (Å²) in [7, 11) is 0. The normalized spacial score (nSPS) is 19.5. The van der Waals surface area contributed by atoms with Crippen LogP contribution in [0.3, 0.4) is 0 Å². The van der Waals surface area contributed by atoms with Crippen molar-refractivity contribution in [3.63, 3.8) is 0 Å². The van der Waals surface area contributed by atoms with Crippen LogP contribution in [-0.2, 0) is 9.59 Å². The van der Waals surface area contributed by atoms with Crippen molar-refractivity contribution >= 4 is 17.9 Å². The summed E-state index contributed by atoms with van der Waals surface area (Å²) in [6.45, 7) is 2.27. The van der Waals surface area contributed by atoms with Crippen LogP contribution in [0.25, 0.3) is 6.08 Å². The van der Waals surface area contributed by atoms with Crippen LogP contribution < -0.4 is 5.73 Å². The Hall–Kier alpha value is -2.24. The third-order valence-corrected chi connectivity index (χ3v) is 4.49. The highest BCUT2D eigenvalue weighted by Crippen LogP contribution is 2.30. The van der Waals surface area contributed by atoms with Crippen LogP contribution in [-0.4, -0.2) is 29.3 Å². The number of amides is 2. The number of nitrogens with two attached hydrogens (primary N) is 1. The van der Waals surface area contributed by atoms with Gasteiger partial charge in [-0.1, -0.05) is 31.2 Å². The minimum absolute atomic E-state index is 0.0750. The molecule has 1 aromatic carbocycles. The maximum absolute atomic E-state index is 12.4. The lowest BCUT2D eigenvalue weighted by atomic mass is 9.91. The number of benzene rings is 1. The number of carbonyl (C=O) groups is 2. The van der Waals surface area contributed by atoms with Gasteiger partial charge in [0.15, 0.2) is 0 Å². The fourth-order valence-corrected chi connectivity index (χ4v) is 3.27. The summed E-state index contributed by atoms with van der Waals surface area (Å²) >= 11 is 0. The van der Waals surface area contributed by atoms with E-state index in [2.05, 4.69) is 0 Å². The van der Waals surface area contributed by atoms with Crippen molar-refractivity contribution in [2.45, 2.75) is 44.6 Å². The van der Waals surface area contributed by atoms with E-state index >= 15 is 0 Å². The van der Waals surface area contributed by atoms with E-state index in [0.717, 1.165) is 11.6 Å². The quantitative estimate of drug-likeness (QED) is 0.897. The first-order chi connectivity index (χ1) is 11.4. The van der Waals surface area contributed by atoms with Crippen LogP contribution >= 0.6 is 0 Å². The molecule has 0 aromatic heterocycles. The highest BCUT2D eigenvalue weighted by molar-refractivity contribution is 5.86. The van der Waals surface area contributed by atoms with Gasteiger partial charge in [0.05, 0.1) is 0 Å². The Morgan fingerprint density at radius 2 is 2.17 bits per heavy atom. The SMILES string of the molecule is CCC(C(N)=O)N1CCC(c2cccc(C=C(F)F)c2)CCC1=O. The lowest BCUT2D eigenvalue weighted by molar-refractivity contribution is -0.139. The van der Waals surface area contributed by atoms with Crippen LogP contribution in [0.1, 0.15) is 49.7 Å². The molecule has 1 aliphatic rings. The monoisotopic (exact) mass is 336 g/mol. The molecule has 0 aliphatic carbocycles. The Bertz CT molecular complexity index is 642. The summed E-state index contributed by atoms with van der Waals surface area (Å²) in [6, 6.07) is 6.41. The molecule has 2 rings (SSSR count). The van der Waals surface area contributed by atoms with Crippen LogP contribution in [0.2, 0.25) is 0 Å². The molecule has 2 atom stereocenters. The van der Waals surface area contributed by atoms with Gasteiger partial charge in [-0.15, -0.1) is 0 Å². The molecule has 0 saturated carbocycles. The maximum Gasteiger partial charge on any atom is 0.270 e. The summed E-state index contributed by atoms with van der Waals surface area (Å²) in [4.78, 5) is 25.4. The molecule has 1 aromatic rings. The third-order valence-electron chi connectivity index (χ3n) is 4.49. The first-order valence-corrected chi connectivity index (χ1v) is 8.13. The molecular formula is C18H22F2N2O2. The largest absolute Gasteiger partial charge is 0.368 e. The minimum Gasteiger partial charge on any atom is -0.368 e. The van der Waals surface area contributed by atoms with E-state index in [4.69, 9.17) is 5.73 Å². The molecule has 4 nitrogen and oxygen atoms in total. The number of hydrogen-bond acceptors (Lipinski definition) is 2. The van der Waals surface area contributed by atoms with Gasteiger partial charge in [-0.3, -0.25) is 9.59 Å². The number of nitrogens with zero attached hydrogens (tertiary/aromatic N) is 1. The fraction of sp³-hybridized carbons (Fsp3) is 0.444. The van der Waals surface area contributed by atoms with Gasteiger partial charge in [-0.2, -0.15) is 8.78 Å². The summed E-state index contributed by atoms with van der Waals surface area (Å²) in [6.07, 6.45) is 1.23. The zero-order valence-electron chi connectivity index (χ0n) is 13.7. The van der Waals surface area contributed by atoms with E-state index in [0.29, 0.717) is 37.8 Å². The molecule has 2 N–H and O–H groups in total. The fourth-order valence-electron chi connectivity index (χ4n) is 3.27. The molecule has 24 heavy (non-hydrogen) atoms. The Morgan fingerprint density at radius 1 is 1.42 bits per heavy atom. The first-order valence-electron chi connectivity index (χ1n) is 8.13. The third kappa shape index (κ3) is 4.40. The van der Waals surface area contributed by atoms with Crippen molar-refractivity contribution < 1.29 is 18.4 Å². The van der Waals surface area contributed by atoms with Gasteiger partial charge < -0.3 is 10.6 Å². The van der Waals surface area contributed by atoms with E-state index in [1.54, 1.807) is 23.1 Å². The lowest BCUT2D eigenvalue weighted by Gasteiger charge is -2.27. The van der Waals surface area contributed by atoms with Crippen molar-refractivity contribution in [1.29, 1.82) is 0 Å². The molecule has 2 unspecified atom stereocenters. The van der Waals surface area contributed by atoms with Crippen molar-refractivity contribution in [3.8, 4) is 0 Å². The summed E-state index contributed by atoms with van der Waals surface area (Å²) in [5.74, 6) is -0.468. The Balaban J connectivity index is 2.17. The van der Waals surface area contributed by atoms with E-state index in [-0.39, 0.29) is 11.8 Å². The van der Waals surface area contributed by atoms with Gasteiger partial charge in [-0.05, 0) is 36.3 Å². The standard InChI is InChI=1S/C18H22F2N2O2/c1-2-15(18(21)24)22-9-8-13(6-7-17(22)23)14-5-3-4-12(10-14)11-16(19)20/h3-5,10-11,13,15H,2,6-9H2,1H3,(H2,21,24). The molecule has 0 spiro atoms. The highest BCUT2D eigenvalue weighted by Gasteiger charge is 2.30. The molecule has 1 saturated heterocycles. The minimum atomic E-state index is -1.73. The smallest absolute Gasteiger partial charge is 0.270 e. The first kappa shape index (κ1) is 18.1. The Kier molecular flexibility index (Phi) is 6.06. The second kappa shape index (κ2) is 8.04. The number of carbonyl (C=O) groups excluding carboxylic acids is 2. The molecule has 1 aliphatic heterocycles. The van der Waals surface area contributed by atoms with Gasteiger partial charge in [0.1, 0.15) is 6.04 Å². The predicted octanol–water partition coefficient (Wildman–Crippen LogP) is 3.28. The van der Waals surface area contributed by atoms with E-state index in [9.17, 15) is 18.4 Å². The Labute approximate surface area is 140 Å². The molecule has 130 valence electrons.